The predicted molar refractivity (Wildman–Crippen MR) is 58.0 cm³/mol. The molecule has 0 aliphatic heterocycles. The van der Waals surface area contributed by atoms with Crippen LogP contribution < -0.4 is 4.72 Å². The second kappa shape index (κ2) is 5.84. The first kappa shape index (κ1) is 11.3. The summed E-state index contributed by atoms with van der Waals surface area (Å²) in [6, 6.07) is 3.00. The Hall–Kier alpha value is -0.790. The van der Waals surface area contributed by atoms with Crippen LogP contribution in [0.4, 0.5) is 5.69 Å². The van der Waals surface area contributed by atoms with Gasteiger partial charge in [-0.3, -0.25) is 14.8 Å². The third-order valence-corrected chi connectivity index (χ3v) is 3.31. The Labute approximate surface area is 89.4 Å². The maximum absolute atomic E-state index is 10.6. The summed E-state index contributed by atoms with van der Waals surface area (Å²) in [6.45, 7) is 2.76. The second-order valence-corrected chi connectivity index (χ2v) is 4.26. The first-order valence-electron chi connectivity index (χ1n) is 3.91. The van der Waals surface area contributed by atoms with Gasteiger partial charge in [-0.15, -0.1) is 0 Å². The van der Waals surface area contributed by atoms with Crippen molar-refractivity contribution in [1.29, 1.82) is 0 Å². The Kier molecular flexibility index (Phi) is 4.71. The monoisotopic (exact) mass is 231 g/mol. The number of rotatable bonds is 5. The van der Waals surface area contributed by atoms with Crippen LogP contribution in [-0.2, 0) is 0 Å². The van der Waals surface area contributed by atoms with Crippen LogP contribution in [0.15, 0.2) is 23.4 Å². The maximum atomic E-state index is 10.6. The van der Waals surface area contributed by atoms with Crippen LogP contribution in [0.3, 0.4) is 0 Å². The van der Waals surface area contributed by atoms with E-state index in [9.17, 15) is 10.1 Å². The number of nitrogens with zero attached hydrogens (tertiary/aromatic N) is 2. The number of aromatic nitrogens is 1. The van der Waals surface area contributed by atoms with E-state index in [2.05, 4.69) is 9.71 Å². The topological polar surface area (TPSA) is 68.1 Å². The lowest BCUT2D eigenvalue weighted by Crippen LogP contribution is -1.98. The molecule has 7 heteroatoms. The highest BCUT2D eigenvalue weighted by Crippen LogP contribution is 2.33. The summed E-state index contributed by atoms with van der Waals surface area (Å²) < 4.78 is 2.98. The molecule has 0 saturated carbocycles. The van der Waals surface area contributed by atoms with Crippen LogP contribution in [0.5, 0.6) is 0 Å². The first-order valence-corrected chi connectivity index (χ1v) is 6.06. The van der Waals surface area contributed by atoms with Crippen LogP contribution in [0, 0.1) is 10.1 Å². The van der Waals surface area contributed by atoms with E-state index >= 15 is 0 Å². The molecule has 0 radical (unpaired) electrons. The summed E-state index contributed by atoms with van der Waals surface area (Å²) in [4.78, 5) is 14.1. The van der Waals surface area contributed by atoms with Gasteiger partial charge in [0.1, 0.15) is 0 Å². The molecule has 14 heavy (non-hydrogen) atoms. The van der Waals surface area contributed by atoms with Gasteiger partial charge in [-0.25, -0.2) is 4.98 Å². The number of nitrogens with one attached hydrogen (secondary N) is 1. The molecular weight excluding hydrogens is 222 g/mol. The van der Waals surface area contributed by atoms with E-state index in [1.807, 2.05) is 6.92 Å². The summed E-state index contributed by atoms with van der Waals surface area (Å²) in [6.07, 6.45) is 1.54. The molecule has 0 aromatic carbocycles. The van der Waals surface area contributed by atoms with Crippen molar-refractivity contribution in [3.05, 3.63) is 28.4 Å². The SMILES string of the molecule is CCNSSc1ncccc1[N+](=O)[O-]. The van der Waals surface area contributed by atoms with Gasteiger partial charge in [0, 0.05) is 18.8 Å². The normalized spacial score (nSPS) is 10.1. The lowest BCUT2D eigenvalue weighted by atomic mass is 10.4. The zero-order valence-corrected chi connectivity index (χ0v) is 9.10. The third kappa shape index (κ3) is 3.17. The Morgan fingerprint density at radius 1 is 1.71 bits per heavy atom. The summed E-state index contributed by atoms with van der Waals surface area (Å²) in [5.41, 5.74) is 0.0444. The number of hydrogen-bond acceptors (Lipinski definition) is 6. The van der Waals surface area contributed by atoms with Gasteiger partial charge in [0.05, 0.1) is 4.92 Å². The molecule has 1 heterocycles. The fourth-order valence-electron chi connectivity index (χ4n) is 0.713. The van der Waals surface area contributed by atoms with E-state index in [0.29, 0.717) is 5.03 Å². The maximum Gasteiger partial charge on any atom is 0.302 e. The zero-order valence-electron chi connectivity index (χ0n) is 7.47. The van der Waals surface area contributed by atoms with Crippen molar-refractivity contribution in [2.24, 2.45) is 0 Å². The average molecular weight is 231 g/mol. The summed E-state index contributed by atoms with van der Waals surface area (Å²) in [7, 11) is 2.59. The van der Waals surface area contributed by atoms with Gasteiger partial charge in [-0.05, 0) is 27.8 Å². The van der Waals surface area contributed by atoms with E-state index in [1.54, 1.807) is 12.3 Å². The molecule has 0 fully saturated rings. The standard InChI is InChI=1S/C7H9N3O2S2/c1-2-9-14-13-7-6(10(11)12)4-3-5-8-7/h3-5,9H,2H2,1H3. The predicted octanol–water partition coefficient (Wildman–Crippen LogP) is 2.25. The van der Waals surface area contributed by atoms with Gasteiger partial charge >= 0.3 is 5.69 Å². The van der Waals surface area contributed by atoms with Crippen molar-refractivity contribution in [2.75, 3.05) is 6.54 Å². The second-order valence-electron chi connectivity index (χ2n) is 2.25. The van der Waals surface area contributed by atoms with Gasteiger partial charge in [-0.1, -0.05) is 6.92 Å². The molecule has 0 unspecified atom stereocenters. The number of nitro groups is 1. The highest BCUT2D eigenvalue weighted by molar-refractivity contribution is 8.76. The van der Waals surface area contributed by atoms with Gasteiger partial charge < -0.3 is 0 Å². The fraction of sp³-hybridized carbons (Fsp3) is 0.286. The fourth-order valence-corrected chi connectivity index (χ4v) is 2.45. The minimum atomic E-state index is -0.429. The number of hydrogen-bond donors (Lipinski definition) is 1. The van der Waals surface area contributed by atoms with E-state index < -0.39 is 4.92 Å². The zero-order chi connectivity index (χ0) is 10.4. The Morgan fingerprint density at radius 3 is 3.14 bits per heavy atom. The molecule has 1 aromatic heterocycles. The Balaban J connectivity index is 2.69. The quantitative estimate of drug-likeness (QED) is 0.275. The van der Waals surface area contributed by atoms with Crippen LogP contribution in [0.25, 0.3) is 0 Å². The van der Waals surface area contributed by atoms with E-state index in [-0.39, 0.29) is 5.69 Å². The summed E-state index contributed by atoms with van der Waals surface area (Å²) in [5, 5.41) is 11.0. The lowest BCUT2D eigenvalue weighted by molar-refractivity contribution is -0.388. The molecule has 0 aliphatic carbocycles. The largest absolute Gasteiger partial charge is 0.302 e. The molecule has 0 saturated heterocycles. The molecule has 0 bridgehead atoms. The molecule has 1 rings (SSSR count). The summed E-state index contributed by atoms with van der Waals surface area (Å²) >= 11 is 0. The van der Waals surface area contributed by atoms with Crippen LogP contribution in [0.1, 0.15) is 6.92 Å². The third-order valence-electron chi connectivity index (χ3n) is 1.27. The van der Waals surface area contributed by atoms with E-state index in [4.69, 9.17) is 0 Å². The average Bonchev–Trinajstić information content (AvgIpc) is 2.19. The lowest BCUT2D eigenvalue weighted by Gasteiger charge is -2.00. The van der Waals surface area contributed by atoms with Crippen molar-refractivity contribution >= 4 is 27.5 Å². The molecule has 76 valence electrons. The van der Waals surface area contributed by atoms with Crippen molar-refractivity contribution < 1.29 is 4.92 Å². The van der Waals surface area contributed by atoms with Crippen molar-refractivity contribution in [3.63, 3.8) is 0 Å². The number of pyridine rings is 1. The smallest absolute Gasteiger partial charge is 0.258 e. The minimum Gasteiger partial charge on any atom is -0.258 e. The van der Waals surface area contributed by atoms with Crippen molar-refractivity contribution in [3.8, 4) is 0 Å². The minimum absolute atomic E-state index is 0.0444. The van der Waals surface area contributed by atoms with Gasteiger partial charge in [0.15, 0.2) is 5.03 Å². The van der Waals surface area contributed by atoms with E-state index in [1.165, 1.54) is 27.8 Å². The molecule has 0 aliphatic rings. The molecule has 0 amide bonds. The molecule has 1 aromatic rings. The van der Waals surface area contributed by atoms with Gasteiger partial charge in [0.25, 0.3) is 0 Å². The first-order chi connectivity index (χ1) is 6.75. The molecule has 1 N–H and O–H groups in total. The molecule has 5 nitrogen and oxygen atoms in total. The molecule has 0 spiro atoms. The molecular formula is C7H9N3O2S2. The van der Waals surface area contributed by atoms with Gasteiger partial charge in [-0.2, -0.15) is 0 Å². The summed E-state index contributed by atoms with van der Waals surface area (Å²) in [5.74, 6) is 0. The van der Waals surface area contributed by atoms with Crippen molar-refractivity contribution in [2.45, 2.75) is 11.9 Å². The van der Waals surface area contributed by atoms with Gasteiger partial charge in [0.2, 0.25) is 0 Å². The molecule has 0 atom stereocenters. The highest BCUT2D eigenvalue weighted by Gasteiger charge is 2.14. The highest BCUT2D eigenvalue weighted by atomic mass is 33.1. The Morgan fingerprint density at radius 2 is 2.50 bits per heavy atom. The Bertz CT molecular complexity index is 322. The van der Waals surface area contributed by atoms with Crippen molar-refractivity contribution in [1.82, 2.24) is 9.71 Å². The van der Waals surface area contributed by atoms with Crippen LogP contribution >= 0.6 is 21.8 Å². The van der Waals surface area contributed by atoms with Crippen LogP contribution in [0.2, 0.25) is 0 Å². The van der Waals surface area contributed by atoms with E-state index in [0.717, 1.165) is 6.54 Å². The van der Waals surface area contributed by atoms with Crippen LogP contribution in [-0.4, -0.2) is 16.5 Å².